The molecule has 2 rings (SSSR count). The second kappa shape index (κ2) is 5.96. The van der Waals surface area contributed by atoms with Crippen molar-refractivity contribution < 1.29 is 4.92 Å². The average molecular weight is 273 g/mol. The maximum atomic E-state index is 11.1. The second-order valence-electron chi connectivity index (χ2n) is 5.24. The maximum absolute atomic E-state index is 11.1. The summed E-state index contributed by atoms with van der Waals surface area (Å²) in [5.74, 6) is 0.488. The number of hydrogen-bond donors (Lipinski definition) is 1. The number of hydrogen-bond acceptors (Lipinski definition) is 4. The topological polar surface area (TPSA) is 68.1 Å². The highest BCUT2D eigenvalue weighted by atomic mass is 16.6. The summed E-state index contributed by atoms with van der Waals surface area (Å²) in [6.45, 7) is 4.32. The molecule has 0 aliphatic rings. The third kappa shape index (κ3) is 2.77. The third-order valence-corrected chi connectivity index (χ3v) is 3.65. The highest BCUT2D eigenvalue weighted by molar-refractivity contribution is 5.89. The summed E-state index contributed by atoms with van der Waals surface area (Å²) < 4.78 is 0. The van der Waals surface area contributed by atoms with Gasteiger partial charge in [0.25, 0.3) is 5.69 Å². The molecular formula is C15H19N3O2. The predicted molar refractivity (Wildman–Crippen MR) is 79.8 cm³/mol. The number of nitro groups is 1. The van der Waals surface area contributed by atoms with E-state index >= 15 is 0 Å². The Bertz CT molecular complexity index is 626. The number of nitrogens with zero attached hydrogens (tertiary/aromatic N) is 2. The lowest BCUT2D eigenvalue weighted by Crippen LogP contribution is -2.32. The van der Waals surface area contributed by atoms with Crippen molar-refractivity contribution in [2.24, 2.45) is 5.92 Å². The Hall–Kier alpha value is -2.01. The zero-order chi connectivity index (χ0) is 14.7. The number of rotatable bonds is 5. The molecule has 1 aromatic carbocycles. The molecule has 1 heterocycles. The van der Waals surface area contributed by atoms with Gasteiger partial charge in [0.1, 0.15) is 5.52 Å². The molecule has 1 N–H and O–H groups in total. The molecule has 5 heteroatoms. The molecule has 0 saturated carbocycles. The van der Waals surface area contributed by atoms with E-state index in [0.717, 1.165) is 17.4 Å². The number of non-ortho nitro benzene ring substituents is 1. The lowest BCUT2D eigenvalue weighted by Gasteiger charge is -2.20. The van der Waals surface area contributed by atoms with E-state index in [1.165, 1.54) is 0 Å². The molecule has 0 aliphatic heterocycles. The summed E-state index contributed by atoms with van der Waals surface area (Å²) in [7, 11) is 1.94. The first-order valence-electron chi connectivity index (χ1n) is 6.73. The fraction of sp³-hybridized carbons (Fsp3) is 0.400. The Morgan fingerprint density at radius 3 is 2.70 bits per heavy atom. The van der Waals surface area contributed by atoms with E-state index in [0.29, 0.717) is 17.5 Å². The fourth-order valence-corrected chi connectivity index (χ4v) is 2.45. The van der Waals surface area contributed by atoms with Crippen LogP contribution in [0.25, 0.3) is 10.9 Å². The van der Waals surface area contributed by atoms with Crippen LogP contribution in [0, 0.1) is 16.0 Å². The zero-order valence-electron chi connectivity index (χ0n) is 12.0. The van der Waals surface area contributed by atoms with Crippen LogP contribution in [0.15, 0.2) is 30.5 Å². The summed E-state index contributed by atoms with van der Waals surface area (Å²) in [6, 6.07) is 7.45. The van der Waals surface area contributed by atoms with Gasteiger partial charge in [0.05, 0.1) is 4.92 Å². The van der Waals surface area contributed by atoms with Gasteiger partial charge < -0.3 is 5.32 Å². The molecule has 1 aromatic heterocycles. The van der Waals surface area contributed by atoms with E-state index < -0.39 is 0 Å². The summed E-state index contributed by atoms with van der Waals surface area (Å²) in [4.78, 5) is 14.9. The van der Waals surface area contributed by atoms with Crippen LogP contribution in [0.1, 0.15) is 19.4 Å². The quantitative estimate of drug-likeness (QED) is 0.671. The standard InChI is InChI=1S/C15H19N3O2/c1-10(2)13(16-3)9-11-6-7-14(18(19)20)15-12(11)5-4-8-17-15/h4-8,10,13,16H,9H2,1-3H3. The second-order valence-corrected chi connectivity index (χ2v) is 5.24. The van der Waals surface area contributed by atoms with Crippen LogP contribution >= 0.6 is 0 Å². The van der Waals surface area contributed by atoms with Gasteiger partial charge in [-0.1, -0.05) is 26.0 Å². The predicted octanol–water partition coefficient (Wildman–Crippen LogP) is 2.93. The van der Waals surface area contributed by atoms with Crippen LogP contribution in [0.2, 0.25) is 0 Å². The van der Waals surface area contributed by atoms with Crippen molar-refractivity contribution in [1.29, 1.82) is 0 Å². The van der Waals surface area contributed by atoms with Gasteiger partial charge in [-0.05, 0) is 31.0 Å². The van der Waals surface area contributed by atoms with E-state index in [4.69, 9.17) is 0 Å². The summed E-state index contributed by atoms with van der Waals surface area (Å²) in [5.41, 5.74) is 1.62. The number of pyridine rings is 1. The lowest BCUT2D eigenvalue weighted by atomic mass is 9.94. The minimum atomic E-state index is -0.378. The molecular weight excluding hydrogens is 254 g/mol. The highest BCUT2D eigenvalue weighted by Gasteiger charge is 2.18. The molecule has 0 amide bonds. The Morgan fingerprint density at radius 1 is 1.35 bits per heavy atom. The van der Waals surface area contributed by atoms with Gasteiger partial charge in [-0.15, -0.1) is 0 Å². The van der Waals surface area contributed by atoms with Crippen molar-refractivity contribution in [1.82, 2.24) is 10.3 Å². The minimum Gasteiger partial charge on any atom is -0.316 e. The molecule has 5 nitrogen and oxygen atoms in total. The Labute approximate surface area is 118 Å². The van der Waals surface area contributed by atoms with Crippen LogP contribution in [0.4, 0.5) is 5.69 Å². The summed E-state index contributed by atoms with van der Waals surface area (Å²) >= 11 is 0. The highest BCUT2D eigenvalue weighted by Crippen LogP contribution is 2.27. The number of likely N-dealkylation sites (N-methyl/N-ethyl adjacent to an activating group) is 1. The van der Waals surface area contributed by atoms with Crippen LogP contribution in [0.5, 0.6) is 0 Å². The van der Waals surface area contributed by atoms with E-state index in [2.05, 4.69) is 24.1 Å². The van der Waals surface area contributed by atoms with Crippen molar-refractivity contribution in [3.05, 3.63) is 46.1 Å². The van der Waals surface area contributed by atoms with Crippen molar-refractivity contribution in [3.63, 3.8) is 0 Å². The van der Waals surface area contributed by atoms with Gasteiger partial charge in [-0.25, -0.2) is 4.98 Å². The Morgan fingerprint density at radius 2 is 2.10 bits per heavy atom. The molecule has 20 heavy (non-hydrogen) atoms. The largest absolute Gasteiger partial charge is 0.316 e. The van der Waals surface area contributed by atoms with Gasteiger partial charge in [-0.3, -0.25) is 10.1 Å². The molecule has 1 atom stereocenters. The number of nitrogens with one attached hydrogen (secondary N) is 1. The van der Waals surface area contributed by atoms with E-state index in [1.54, 1.807) is 12.3 Å². The first kappa shape index (κ1) is 14.4. The first-order chi connectivity index (χ1) is 9.54. The fourth-order valence-electron chi connectivity index (χ4n) is 2.45. The average Bonchev–Trinajstić information content (AvgIpc) is 2.43. The minimum absolute atomic E-state index is 0.0647. The molecule has 0 saturated heterocycles. The van der Waals surface area contributed by atoms with Crippen LogP contribution < -0.4 is 5.32 Å². The molecule has 0 aliphatic carbocycles. The molecule has 0 bridgehead atoms. The number of fused-ring (bicyclic) bond motifs is 1. The number of benzene rings is 1. The van der Waals surface area contributed by atoms with E-state index in [9.17, 15) is 10.1 Å². The smallest absolute Gasteiger partial charge is 0.295 e. The third-order valence-electron chi connectivity index (χ3n) is 3.65. The molecule has 0 spiro atoms. The Kier molecular flexibility index (Phi) is 4.29. The van der Waals surface area contributed by atoms with Crippen LogP contribution in [-0.4, -0.2) is 23.0 Å². The zero-order valence-corrected chi connectivity index (χ0v) is 12.0. The van der Waals surface area contributed by atoms with Gasteiger partial charge >= 0.3 is 0 Å². The maximum Gasteiger partial charge on any atom is 0.295 e. The molecule has 106 valence electrons. The number of nitro benzene ring substituents is 1. The Balaban J connectivity index is 2.50. The van der Waals surface area contributed by atoms with Crippen LogP contribution in [-0.2, 0) is 6.42 Å². The molecule has 2 aromatic rings. The van der Waals surface area contributed by atoms with Gasteiger partial charge in [0, 0.05) is 23.7 Å². The van der Waals surface area contributed by atoms with Gasteiger partial charge in [0.2, 0.25) is 0 Å². The lowest BCUT2D eigenvalue weighted by molar-refractivity contribution is -0.383. The summed E-state index contributed by atoms with van der Waals surface area (Å²) in [6.07, 6.45) is 2.42. The SMILES string of the molecule is CNC(Cc1ccc([N+](=O)[O-])c2ncccc12)C(C)C. The van der Waals surface area contributed by atoms with Crippen molar-refractivity contribution in [2.45, 2.75) is 26.3 Å². The van der Waals surface area contributed by atoms with E-state index in [1.807, 2.05) is 25.2 Å². The monoisotopic (exact) mass is 273 g/mol. The van der Waals surface area contributed by atoms with Crippen LogP contribution in [0.3, 0.4) is 0 Å². The molecule has 1 unspecified atom stereocenters. The van der Waals surface area contributed by atoms with Crippen molar-refractivity contribution in [2.75, 3.05) is 7.05 Å². The van der Waals surface area contributed by atoms with Gasteiger partial charge in [-0.2, -0.15) is 0 Å². The molecule has 0 fully saturated rings. The van der Waals surface area contributed by atoms with Crippen molar-refractivity contribution >= 4 is 16.6 Å². The number of aromatic nitrogens is 1. The summed E-state index contributed by atoms with van der Waals surface area (Å²) in [5, 5.41) is 15.2. The molecule has 0 radical (unpaired) electrons. The van der Waals surface area contributed by atoms with Gasteiger partial charge in [0.15, 0.2) is 0 Å². The normalized spacial score (nSPS) is 12.8. The van der Waals surface area contributed by atoms with E-state index in [-0.39, 0.29) is 10.6 Å². The first-order valence-corrected chi connectivity index (χ1v) is 6.73. The van der Waals surface area contributed by atoms with Crippen molar-refractivity contribution in [3.8, 4) is 0 Å².